The highest BCUT2D eigenvalue weighted by Crippen LogP contribution is 2.40. The summed E-state index contributed by atoms with van der Waals surface area (Å²) in [7, 11) is 0. The highest BCUT2D eigenvalue weighted by molar-refractivity contribution is 9.10. The van der Waals surface area contributed by atoms with Gasteiger partial charge in [-0.15, -0.1) is 0 Å². The average molecular weight is 314 g/mol. The Balaban J connectivity index is 2.06. The minimum atomic E-state index is -0.0521. The smallest absolute Gasteiger partial charge is 0.132 e. The van der Waals surface area contributed by atoms with Crippen molar-refractivity contribution >= 4 is 39.1 Å². The molecule has 2 aliphatic rings. The number of nitrogens with zero attached hydrogens (tertiary/aromatic N) is 2. The van der Waals surface area contributed by atoms with Crippen LogP contribution in [0.2, 0.25) is 0 Å². The van der Waals surface area contributed by atoms with Crippen molar-refractivity contribution in [2.45, 2.75) is 31.2 Å². The largest absolute Gasteiger partial charge is 0.340 e. The summed E-state index contributed by atoms with van der Waals surface area (Å²) in [6.07, 6.45) is 4.77. The van der Waals surface area contributed by atoms with Crippen molar-refractivity contribution < 1.29 is 0 Å². The summed E-state index contributed by atoms with van der Waals surface area (Å²) >= 11 is 10.1. The maximum Gasteiger partial charge on any atom is 0.132 e. The Kier molecular flexibility index (Phi) is 3.14. The summed E-state index contributed by atoms with van der Waals surface area (Å²) in [4.78, 5) is 7.02. The van der Waals surface area contributed by atoms with Gasteiger partial charge in [0.2, 0.25) is 0 Å². The summed E-state index contributed by atoms with van der Waals surface area (Å²) in [6.45, 7) is 1.03. The third-order valence-corrected chi connectivity index (χ3v) is 4.37. The van der Waals surface area contributed by atoms with E-state index in [4.69, 9.17) is 16.6 Å². The summed E-state index contributed by atoms with van der Waals surface area (Å²) in [5.41, 5.74) is 2.09. The van der Waals surface area contributed by atoms with Gasteiger partial charge in [-0.25, -0.2) is 4.99 Å². The third kappa shape index (κ3) is 2.11. The van der Waals surface area contributed by atoms with E-state index in [2.05, 4.69) is 33.0 Å². The highest BCUT2D eigenvalue weighted by atomic mass is 79.9. The average Bonchev–Trinajstić information content (AvgIpc) is 2.54. The van der Waals surface area contributed by atoms with E-state index in [1.807, 2.05) is 6.07 Å². The van der Waals surface area contributed by atoms with E-state index in [1.54, 1.807) is 0 Å². The Bertz CT molecular complexity index is 472. The molecule has 0 amide bonds. The van der Waals surface area contributed by atoms with Gasteiger partial charge in [0.25, 0.3) is 0 Å². The fraction of sp³-hybridized carbons (Fsp3) is 0.462. The zero-order valence-corrected chi connectivity index (χ0v) is 11.8. The maximum atomic E-state index is 6.58. The summed E-state index contributed by atoms with van der Waals surface area (Å²) in [6, 6.07) is 6.16. The Morgan fingerprint density at radius 2 is 2.18 bits per heavy atom. The van der Waals surface area contributed by atoms with E-state index >= 15 is 0 Å². The van der Waals surface area contributed by atoms with E-state index in [1.165, 1.54) is 19.3 Å². The lowest BCUT2D eigenvalue weighted by molar-refractivity contribution is 0.387. The zero-order valence-electron chi connectivity index (χ0n) is 9.50. The quantitative estimate of drug-likeness (QED) is 0.504. The van der Waals surface area contributed by atoms with Crippen molar-refractivity contribution in [3.63, 3.8) is 0 Å². The van der Waals surface area contributed by atoms with Crippen molar-refractivity contribution in [1.82, 2.24) is 4.90 Å². The number of hydrogen-bond acceptors (Lipinski definition) is 2. The van der Waals surface area contributed by atoms with Gasteiger partial charge in [-0.2, -0.15) is 0 Å². The van der Waals surface area contributed by atoms with E-state index in [9.17, 15) is 0 Å². The zero-order chi connectivity index (χ0) is 11.8. The topological polar surface area (TPSA) is 15.6 Å². The number of benzene rings is 1. The van der Waals surface area contributed by atoms with Crippen LogP contribution in [0.15, 0.2) is 27.7 Å². The molecule has 2 aliphatic heterocycles. The third-order valence-electron chi connectivity index (χ3n) is 3.40. The molecule has 4 heteroatoms. The standard InChI is InChI=1S/C13H14BrClN2/c14-9-5-6-10-11(8-9)16-12-4-2-1-3-7-17(12)13(10)15/h5-6,8,13H,1-4,7H2. The Morgan fingerprint density at radius 1 is 1.29 bits per heavy atom. The Labute approximate surface area is 115 Å². The lowest BCUT2D eigenvalue weighted by Gasteiger charge is -2.33. The first kappa shape index (κ1) is 11.5. The lowest BCUT2D eigenvalue weighted by Crippen LogP contribution is -2.34. The van der Waals surface area contributed by atoms with Crippen LogP contribution < -0.4 is 0 Å². The second-order valence-corrected chi connectivity index (χ2v) is 5.90. The van der Waals surface area contributed by atoms with Crippen molar-refractivity contribution in [2.24, 2.45) is 4.99 Å². The van der Waals surface area contributed by atoms with Crippen molar-refractivity contribution in [1.29, 1.82) is 0 Å². The van der Waals surface area contributed by atoms with Crippen LogP contribution in [-0.4, -0.2) is 17.3 Å². The SMILES string of the molecule is ClC1c2ccc(Br)cc2N=C2CCCCCN21. The molecule has 1 aromatic rings. The first-order valence-electron chi connectivity index (χ1n) is 6.03. The van der Waals surface area contributed by atoms with Crippen LogP contribution in [0.4, 0.5) is 5.69 Å². The van der Waals surface area contributed by atoms with Gasteiger partial charge in [0.1, 0.15) is 11.3 Å². The number of halogens is 2. The van der Waals surface area contributed by atoms with Gasteiger partial charge in [-0.3, -0.25) is 0 Å². The first-order chi connectivity index (χ1) is 8.25. The number of hydrogen-bond donors (Lipinski definition) is 0. The van der Waals surface area contributed by atoms with Crippen LogP contribution in [0.1, 0.15) is 36.7 Å². The van der Waals surface area contributed by atoms with Crippen LogP contribution in [0, 0.1) is 0 Å². The van der Waals surface area contributed by atoms with Gasteiger partial charge in [-0.05, 0) is 25.0 Å². The molecule has 2 heterocycles. The number of amidine groups is 1. The molecule has 0 spiro atoms. The van der Waals surface area contributed by atoms with Crippen molar-refractivity contribution in [3.05, 3.63) is 28.2 Å². The van der Waals surface area contributed by atoms with Crippen LogP contribution in [0.25, 0.3) is 0 Å². The van der Waals surface area contributed by atoms with Gasteiger partial charge in [0.15, 0.2) is 0 Å². The number of fused-ring (bicyclic) bond motifs is 2. The summed E-state index contributed by atoms with van der Waals surface area (Å²) < 4.78 is 1.06. The summed E-state index contributed by atoms with van der Waals surface area (Å²) in [5.74, 6) is 1.16. The minimum Gasteiger partial charge on any atom is -0.340 e. The van der Waals surface area contributed by atoms with Crippen LogP contribution in [-0.2, 0) is 0 Å². The molecule has 3 rings (SSSR count). The second-order valence-electron chi connectivity index (χ2n) is 4.57. The van der Waals surface area contributed by atoms with Gasteiger partial charge < -0.3 is 4.90 Å². The maximum absolute atomic E-state index is 6.58. The normalized spacial score (nSPS) is 23.5. The fourth-order valence-electron chi connectivity index (χ4n) is 2.50. The number of aliphatic imine (C=N–C) groups is 1. The van der Waals surface area contributed by atoms with Crippen LogP contribution in [0.5, 0.6) is 0 Å². The second kappa shape index (κ2) is 4.62. The molecular weight excluding hydrogens is 300 g/mol. The van der Waals surface area contributed by atoms with E-state index in [0.29, 0.717) is 0 Å². The highest BCUT2D eigenvalue weighted by Gasteiger charge is 2.28. The Hall–Kier alpha value is -0.540. The molecule has 0 bridgehead atoms. The summed E-state index contributed by atoms with van der Waals surface area (Å²) in [5, 5.41) is 0. The first-order valence-corrected chi connectivity index (χ1v) is 7.26. The molecule has 0 saturated carbocycles. The molecule has 0 radical (unpaired) electrons. The van der Waals surface area contributed by atoms with Crippen LogP contribution >= 0.6 is 27.5 Å². The molecule has 0 aromatic heterocycles. The molecule has 1 saturated heterocycles. The monoisotopic (exact) mass is 312 g/mol. The van der Waals surface area contributed by atoms with Crippen molar-refractivity contribution in [3.8, 4) is 0 Å². The fourth-order valence-corrected chi connectivity index (χ4v) is 3.24. The molecule has 0 N–H and O–H groups in total. The molecule has 90 valence electrons. The molecule has 0 aliphatic carbocycles. The van der Waals surface area contributed by atoms with E-state index in [0.717, 1.165) is 34.5 Å². The van der Waals surface area contributed by atoms with Crippen molar-refractivity contribution in [2.75, 3.05) is 6.54 Å². The molecule has 1 fully saturated rings. The molecule has 17 heavy (non-hydrogen) atoms. The lowest BCUT2D eigenvalue weighted by atomic mass is 10.1. The number of rotatable bonds is 0. The van der Waals surface area contributed by atoms with Crippen LogP contribution in [0.3, 0.4) is 0 Å². The van der Waals surface area contributed by atoms with Gasteiger partial charge in [0.05, 0.1) is 5.69 Å². The Morgan fingerprint density at radius 3 is 3.06 bits per heavy atom. The molecule has 1 aromatic carbocycles. The van der Waals surface area contributed by atoms with E-state index < -0.39 is 0 Å². The van der Waals surface area contributed by atoms with E-state index in [-0.39, 0.29) is 5.50 Å². The van der Waals surface area contributed by atoms with Gasteiger partial charge >= 0.3 is 0 Å². The van der Waals surface area contributed by atoms with Gasteiger partial charge in [0, 0.05) is 23.0 Å². The molecule has 1 atom stereocenters. The van der Waals surface area contributed by atoms with Gasteiger partial charge in [-0.1, -0.05) is 40.0 Å². The predicted molar refractivity (Wildman–Crippen MR) is 75.0 cm³/mol. The molecule has 2 nitrogen and oxygen atoms in total. The molecule has 1 unspecified atom stereocenters. The number of alkyl halides is 1. The minimum absolute atomic E-state index is 0.0521. The molecular formula is C13H14BrClN2. The predicted octanol–water partition coefficient (Wildman–Crippen LogP) is 4.61.